The summed E-state index contributed by atoms with van der Waals surface area (Å²) < 4.78 is 28.6. The van der Waals surface area contributed by atoms with Crippen molar-refractivity contribution in [2.45, 2.75) is 38.8 Å². The Labute approximate surface area is 163 Å². The highest BCUT2D eigenvalue weighted by atomic mass is 32.2. The van der Waals surface area contributed by atoms with Gasteiger partial charge in [0.1, 0.15) is 0 Å². The number of ether oxygens (including phenoxy) is 1. The van der Waals surface area contributed by atoms with Crippen molar-refractivity contribution in [3.05, 3.63) is 23.7 Å². The molecule has 1 N–H and O–H groups in total. The van der Waals surface area contributed by atoms with Crippen LogP contribution < -0.4 is 5.32 Å². The van der Waals surface area contributed by atoms with Crippen molar-refractivity contribution in [1.82, 2.24) is 9.88 Å². The maximum atomic E-state index is 12.6. The predicted molar refractivity (Wildman–Crippen MR) is 105 cm³/mol. The van der Waals surface area contributed by atoms with E-state index in [0.29, 0.717) is 24.5 Å². The van der Waals surface area contributed by atoms with Crippen molar-refractivity contribution in [3.63, 3.8) is 0 Å². The van der Waals surface area contributed by atoms with Crippen molar-refractivity contribution in [2.24, 2.45) is 0 Å². The van der Waals surface area contributed by atoms with Gasteiger partial charge < -0.3 is 15.0 Å². The standard InChI is InChI=1S/C17H25N3O5S2/c1-4-7-18-17-19-14(10-26-17)16(22)25-9-15(21)20(12(3)5-2)13-6-8-27(23,24)11-13/h4,10,12-13H,1,5-9,11H2,2-3H3,(H,18,19)/t12-,13-/m0/s1. The zero-order valence-corrected chi connectivity index (χ0v) is 17.1. The van der Waals surface area contributed by atoms with Crippen LogP contribution >= 0.6 is 11.3 Å². The van der Waals surface area contributed by atoms with Crippen molar-refractivity contribution >= 4 is 38.2 Å². The molecule has 1 aromatic heterocycles. The topological polar surface area (TPSA) is 106 Å². The van der Waals surface area contributed by atoms with Gasteiger partial charge in [-0.3, -0.25) is 4.79 Å². The van der Waals surface area contributed by atoms with E-state index >= 15 is 0 Å². The van der Waals surface area contributed by atoms with Crippen LogP contribution in [-0.2, 0) is 19.4 Å². The second kappa shape index (κ2) is 9.32. The molecule has 150 valence electrons. The van der Waals surface area contributed by atoms with E-state index in [9.17, 15) is 18.0 Å². The first-order valence-electron chi connectivity index (χ1n) is 8.76. The van der Waals surface area contributed by atoms with E-state index in [-0.39, 0.29) is 35.2 Å². The second-order valence-corrected chi connectivity index (χ2v) is 9.49. The molecule has 0 saturated carbocycles. The van der Waals surface area contributed by atoms with E-state index in [1.807, 2.05) is 13.8 Å². The smallest absolute Gasteiger partial charge is 0.358 e. The summed E-state index contributed by atoms with van der Waals surface area (Å²) >= 11 is 1.25. The highest BCUT2D eigenvalue weighted by Gasteiger charge is 2.36. The molecule has 0 aliphatic carbocycles. The zero-order valence-electron chi connectivity index (χ0n) is 15.5. The number of carbonyl (C=O) groups excluding carboxylic acids is 2. The fourth-order valence-corrected chi connectivity index (χ4v) is 5.29. The number of anilines is 1. The maximum Gasteiger partial charge on any atom is 0.358 e. The number of nitrogens with one attached hydrogen (secondary N) is 1. The van der Waals surface area contributed by atoms with Crippen LogP contribution in [0.5, 0.6) is 0 Å². The molecule has 0 spiro atoms. The Bertz CT molecular complexity index is 790. The maximum absolute atomic E-state index is 12.6. The van der Waals surface area contributed by atoms with E-state index in [0.717, 1.165) is 0 Å². The van der Waals surface area contributed by atoms with Crippen LogP contribution in [0.25, 0.3) is 0 Å². The Morgan fingerprint density at radius 1 is 1.56 bits per heavy atom. The number of rotatable bonds is 9. The third kappa shape index (κ3) is 5.77. The van der Waals surface area contributed by atoms with Gasteiger partial charge in [-0.25, -0.2) is 18.2 Å². The van der Waals surface area contributed by atoms with Gasteiger partial charge in [-0.15, -0.1) is 17.9 Å². The predicted octanol–water partition coefficient (Wildman–Crippen LogP) is 1.71. The minimum Gasteiger partial charge on any atom is -0.451 e. The summed E-state index contributed by atoms with van der Waals surface area (Å²) in [6.45, 7) is 7.46. The lowest BCUT2D eigenvalue weighted by molar-refractivity contribution is -0.138. The summed E-state index contributed by atoms with van der Waals surface area (Å²) in [6.07, 6.45) is 2.77. The third-order valence-electron chi connectivity index (χ3n) is 4.39. The molecule has 1 amide bonds. The van der Waals surface area contributed by atoms with Crippen LogP contribution in [0.4, 0.5) is 5.13 Å². The molecule has 1 aliphatic rings. The van der Waals surface area contributed by atoms with Crippen LogP contribution in [0.15, 0.2) is 18.0 Å². The first kappa shape index (κ1) is 21.4. The molecule has 27 heavy (non-hydrogen) atoms. The quantitative estimate of drug-likeness (QED) is 0.483. The van der Waals surface area contributed by atoms with Crippen LogP contribution in [-0.4, -0.2) is 66.9 Å². The fraction of sp³-hybridized carbons (Fsp3) is 0.588. The number of sulfone groups is 1. The molecule has 10 heteroatoms. The lowest BCUT2D eigenvalue weighted by Gasteiger charge is -2.33. The van der Waals surface area contributed by atoms with Gasteiger partial charge in [0.15, 0.2) is 27.3 Å². The molecule has 2 rings (SSSR count). The number of hydrogen-bond acceptors (Lipinski definition) is 8. The number of esters is 1. The summed E-state index contributed by atoms with van der Waals surface area (Å²) in [5.74, 6) is -1.03. The molecule has 1 saturated heterocycles. The van der Waals surface area contributed by atoms with E-state index in [2.05, 4.69) is 16.9 Å². The molecular formula is C17H25N3O5S2. The minimum absolute atomic E-state index is 0.0402. The lowest BCUT2D eigenvalue weighted by atomic mass is 10.1. The van der Waals surface area contributed by atoms with Crippen molar-refractivity contribution < 1.29 is 22.7 Å². The molecule has 1 fully saturated rings. The van der Waals surface area contributed by atoms with E-state index in [1.165, 1.54) is 11.3 Å². The Kier molecular flexibility index (Phi) is 7.37. The molecule has 2 atom stereocenters. The van der Waals surface area contributed by atoms with Gasteiger partial charge in [0.2, 0.25) is 0 Å². The minimum atomic E-state index is -3.12. The molecule has 1 aromatic rings. The van der Waals surface area contributed by atoms with E-state index in [4.69, 9.17) is 4.74 Å². The average molecular weight is 416 g/mol. The zero-order chi connectivity index (χ0) is 20.0. The van der Waals surface area contributed by atoms with Crippen LogP contribution in [0.2, 0.25) is 0 Å². The largest absolute Gasteiger partial charge is 0.451 e. The summed E-state index contributed by atoms with van der Waals surface area (Å²) in [4.78, 5) is 30.4. The second-order valence-electron chi connectivity index (χ2n) is 6.40. The Morgan fingerprint density at radius 2 is 2.30 bits per heavy atom. The average Bonchev–Trinajstić information content (AvgIpc) is 3.24. The Hall–Kier alpha value is -1.94. The fourth-order valence-electron chi connectivity index (χ4n) is 2.88. The molecule has 0 radical (unpaired) electrons. The number of thiazole rings is 1. The third-order valence-corrected chi connectivity index (χ3v) is 6.94. The SMILES string of the molecule is C=CCNc1nc(C(=O)OCC(=O)N([C@H]2CCS(=O)(=O)C2)[C@@H](C)CC)cs1. The van der Waals surface area contributed by atoms with E-state index < -0.39 is 22.4 Å². The van der Waals surface area contributed by atoms with Crippen LogP contribution in [0.3, 0.4) is 0 Å². The number of nitrogens with zero attached hydrogens (tertiary/aromatic N) is 2. The van der Waals surface area contributed by atoms with Gasteiger partial charge in [0.25, 0.3) is 5.91 Å². The molecular weight excluding hydrogens is 390 g/mol. The molecule has 0 bridgehead atoms. The Balaban J connectivity index is 1.97. The normalized spacial score (nSPS) is 19.3. The van der Waals surface area contributed by atoms with Gasteiger partial charge in [-0.05, 0) is 19.8 Å². The summed E-state index contributed by atoms with van der Waals surface area (Å²) in [5.41, 5.74) is 0.123. The van der Waals surface area contributed by atoms with Gasteiger partial charge in [0.05, 0.1) is 11.5 Å². The first-order chi connectivity index (χ1) is 12.8. The van der Waals surface area contributed by atoms with Crippen molar-refractivity contribution in [1.29, 1.82) is 0 Å². The van der Waals surface area contributed by atoms with Gasteiger partial charge >= 0.3 is 5.97 Å². The summed E-state index contributed by atoms with van der Waals surface area (Å²) in [6, 6.07) is -0.506. The van der Waals surface area contributed by atoms with Gasteiger partial charge in [-0.2, -0.15) is 0 Å². The Morgan fingerprint density at radius 3 is 2.89 bits per heavy atom. The summed E-state index contributed by atoms with van der Waals surface area (Å²) in [5, 5.41) is 5.08. The van der Waals surface area contributed by atoms with E-state index in [1.54, 1.807) is 16.4 Å². The van der Waals surface area contributed by atoms with Crippen molar-refractivity contribution in [2.75, 3.05) is 30.0 Å². The summed E-state index contributed by atoms with van der Waals surface area (Å²) in [7, 11) is -3.12. The van der Waals surface area contributed by atoms with Gasteiger partial charge in [0, 0.05) is 24.0 Å². The van der Waals surface area contributed by atoms with Crippen molar-refractivity contribution in [3.8, 4) is 0 Å². The lowest BCUT2D eigenvalue weighted by Crippen LogP contribution is -2.48. The highest BCUT2D eigenvalue weighted by Crippen LogP contribution is 2.22. The number of amides is 1. The molecule has 0 unspecified atom stereocenters. The number of aromatic nitrogens is 1. The molecule has 2 heterocycles. The molecule has 8 nitrogen and oxygen atoms in total. The van der Waals surface area contributed by atoms with Crippen LogP contribution in [0.1, 0.15) is 37.2 Å². The monoisotopic (exact) mass is 415 g/mol. The molecule has 0 aromatic carbocycles. The highest BCUT2D eigenvalue weighted by molar-refractivity contribution is 7.91. The number of carbonyl (C=O) groups is 2. The van der Waals surface area contributed by atoms with Gasteiger partial charge in [-0.1, -0.05) is 13.0 Å². The van der Waals surface area contributed by atoms with Crippen LogP contribution in [0, 0.1) is 0 Å². The first-order valence-corrected chi connectivity index (χ1v) is 11.5. The molecule has 1 aliphatic heterocycles. The number of hydrogen-bond donors (Lipinski definition) is 1.